The first-order chi connectivity index (χ1) is 6.90. The lowest BCUT2D eigenvalue weighted by molar-refractivity contribution is -0.105. The molecule has 1 aromatic carbocycles. The zero-order valence-electron chi connectivity index (χ0n) is 8.07. The SMILES string of the molecule is O=CNc1cccc(N2CCCC2)c1. The predicted octanol–water partition coefficient (Wildman–Crippen LogP) is 1.86. The highest BCUT2D eigenvalue weighted by Crippen LogP contribution is 2.22. The van der Waals surface area contributed by atoms with Crippen LogP contribution in [0.5, 0.6) is 0 Å². The summed E-state index contributed by atoms with van der Waals surface area (Å²) in [6, 6.07) is 7.97. The van der Waals surface area contributed by atoms with Crippen LogP contribution in [0.3, 0.4) is 0 Å². The summed E-state index contributed by atoms with van der Waals surface area (Å²) in [6.45, 7) is 2.26. The summed E-state index contributed by atoms with van der Waals surface area (Å²) in [4.78, 5) is 12.6. The van der Waals surface area contributed by atoms with Gasteiger partial charge in [0, 0.05) is 24.5 Å². The van der Waals surface area contributed by atoms with E-state index in [4.69, 9.17) is 0 Å². The lowest BCUT2D eigenvalue weighted by Crippen LogP contribution is -2.17. The lowest BCUT2D eigenvalue weighted by atomic mass is 10.2. The number of hydrogen-bond acceptors (Lipinski definition) is 2. The standard InChI is InChI=1S/C11H14N2O/c14-9-12-10-4-3-5-11(8-10)13-6-1-2-7-13/h3-5,8-9H,1-2,6-7H2,(H,12,14). The minimum Gasteiger partial charge on any atom is -0.371 e. The molecule has 0 atom stereocenters. The largest absolute Gasteiger partial charge is 0.371 e. The van der Waals surface area contributed by atoms with Gasteiger partial charge in [-0.25, -0.2) is 0 Å². The van der Waals surface area contributed by atoms with Crippen LogP contribution < -0.4 is 10.2 Å². The third-order valence-electron chi connectivity index (χ3n) is 2.54. The van der Waals surface area contributed by atoms with Crippen LogP contribution in [0.15, 0.2) is 24.3 Å². The van der Waals surface area contributed by atoms with Crippen molar-refractivity contribution in [2.24, 2.45) is 0 Å². The summed E-state index contributed by atoms with van der Waals surface area (Å²) in [5.74, 6) is 0. The number of amides is 1. The molecule has 0 saturated carbocycles. The van der Waals surface area contributed by atoms with Crippen LogP contribution >= 0.6 is 0 Å². The van der Waals surface area contributed by atoms with E-state index < -0.39 is 0 Å². The molecule has 0 radical (unpaired) electrons. The number of benzene rings is 1. The molecular formula is C11H14N2O. The monoisotopic (exact) mass is 190 g/mol. The van der Waals surface area contributed by atoms with Crippen LogP contribution in [0.4, 0.5) is 11.4 Å². The van der Waals surface area contributed by atoms with E-state index in [0.717, 1.165) is 18.8 Å². The van der Waals surface area contributed by atoms with Gasteiger partial charge in [0.2, 0.25) is 6.41 Å². The first kappa shape index (κ1) is 9.06. The molecule has 1 heterocycles. The van der Waals surface area contributed by atoms with Crippen molar-refractivity contribution in [1.82, 2.24) is 0 Å². The van der Waals surface area contributed by atoms with E-state index in [1.807, 2.05) is 18.2 Å². The molecule has 0 aliphatic carbocycles. The Morgan fingerprint density at radius 1 is 1.29 bits per heavy atom. The van der Waals surface area contributed by atoms with Crippen molar-refractivity contribution in [3.05, 3.63) is 24.3 Å². The number of carbonyl (C=O) groups excluding carboxylic acids is 1. The molecule has 1 saturated heterocycles. The summed E-state index contributed by atoms with van der Waals surface area (Å²) >= 11 is 0. The highest BCUT2D eigenvalue weighted by atomic mass is 16.1. The van der Waals surface area contributed by atoms with Gasteiger partial charge in [-0.15, -0.1) is 0 Å². The van der Waals surface area contributed by atoms with Gasteiger partial charge in [0.1, 0.15) is 0 Å². The Hall–Kier alpha value is -1.51. The number of nitrogens with zero attached hydrogens (tertiary/aromatic N) is 1. The van der Waals surface area contributed by atoms with Gasteiger partial charge in [0.05, 0.1) is 0 Å². The molecule has 1 N–H and O–H groups in total. The maximum atomic E-state index is 10.3. The highest BCUT2D eigenvalue weighted by molar-refractivity contribution is 5.73. The van der Waals surface area contributed by atoms with Crippen molar-refractivity contribution < 1.29 is 4.79 Å². The van der Waals surface area contributed by atoms with Gasteiger partial charge in [-0.1, -0.05) is 6.07 Å². The molecule has 1 aliphatic rings. The first-order valence-corrected chi connectivity index (χ1v) is 4.95. The molecular weight excluding hydrogens is 176 g/mol. The van der Waals surface area contributed by atoms with Crippen LogP contribution in [0.25, 0.3) is 0 Å². The molecule has 14 heavy (non-hydrogen) atoms. The fourth-order valence-electron chi connectivity index (χ4n) is 1.84. The van der Waals surface area contributed by atoms with E-state index in [-0.39, 0.29) is 0 Å². The Kier molecular flexibility index (Phi) is 2.68. The molecule has 2 rings (SSSR count). The molecule has 0 bridgehead atoms. The molecule has 1 aromatic rings. The van der Waals surface area contributed by atoms with E-state index in [1.165, 1.54) is 18.5 Å². The quantitative estimate of drug-likeness (QED) is 0.738. The second-order valence-corrected chi connectivity index (χ2v) is 3.51. The Morgan fingerprint density at radius 3 is 2.79 bits per heavy atom. The fraction of sp³-hybridized carbons (Fsp3) is 0.364. The second-order valence-electron chi connectivity index (χ2n) is 3.51. The molecule has 3 heteroatoms. The van der Waals surface area contributed by atoms with Gasteiger partial charge in [-0.3, -0.25) is 4.79 Å². The van der Waals surface area contributed by atoms with Crippen molar-refractivity contribution in [3.63, 3.8) is 0 Å². The summed E-state index contributed by atoms with van der Waals surface area (Å²) in [6.07, 6.45) is 3.25. The summed E-state index contributed by atoms with van der Waals surface area (Å²) in [5.41, 5.74) is 2.07. The van der Waals surface area contributed by atoms with Crippen molar-refractivity contribution in [1.29, 1.82) is 0 Å². The van der Waals surface area contributed by atoms with E-state index in [1.54, 1.807) is 0 Å². The van der Waals surface area contributed by atoms with Gasteiger partial charge < -0.3 is 10.2 Å². The van der Waals surface area contributed by atoms with Crippen LogP contribution in [0, 0.1) is 0 Å². The molecule has 0 spiro atoms. The highest BCUT2D eigenvalue weighted by Gasteiger charge is 2.11. The van der Waals surface area contributed by atoms with Crippen LogP contribution in [-0.2, 0) is 4.79 Å². The topological polar surface area (TPSA) is 32.3 Å². The maximum Gasteiger partial charge on any atom is 0.211 e. The van der Waals surface area contributed by atoms with Crippen LogP contribution in [-0.4, -0.2) is 19.5 Å². The maximum absolute atomic E-state index is 10.3. The molecule has 0 unspecified atom stereocenters. The number of carbonyl (C=O) groups is 1. The lowest BCUT2D eigenvalue weighted by Gasteiger charge is -2.17. The number of anilines is 2. The van der Waals surface area contributed by atoms with Crippen LogP contribution in [0.1, 0.15) is 12.8 Å². The third-order valence-corrected chi connectivity index (χ3v) is 2.54. The Morgan fingerprint density at radius 2 is 2.07 bits per heavy atom. The van der Waals surface area contributed by atoms with Crippen molar-refractivity contribution in [2.75, 3.05) is 23.3 Å². The van der Waals surface area contributed by atoms with E-state index in [2.05, 4.69) is 16.3 Å². The average molecular weight is 190 g/mol. The minimum atomic E-state index is 0.711. The number of nitrogens with one attached hydrogen (secondary N) is 1. The molecule has 3 nitrogen and oxygen atoms in total. The summed E-state index contributed by atoms with van der Waals surface area (Å²) in [5, 5.41) is 2.66. The average Bonchev–Trinajstić information content (AvgIpc) is 2.71. The third kappa shape index (κ3) is 1.87. The summed E-state index contributed by atoms with van der Waals surface area (Å²) in [7, 11) is 0. The van der Waals surface area contributed by atoms with E-state index in [9.17, 15) is 4.79 Å². The second kappa shape index (κ2) is 4.13. The number of hydrogen-bond donors (Lipinski definition) is 1. The zero-order valence-corrected chi connectivity index (χ0v) is 8.07. The Labute approximate surface area is 83.7 Å². The van der Waals surface area contributed by atoms with Crippen molar-refractivity contribution >= 4 is 17.8 Å². The minimum absolute atomic E-state index is 0.711. The van der Waals surface area contributed by atoms with Gasteiger partial charge in [0.15, 0.2) is 0 Å². The fourth-order valence-corrected chi connectivity index (χ4v) is 1.84. The van der Waals surface area contributed by atoms with Gasteiger partial charge in [-0.2, -0.15) is 0 Å². The molecule has 74 valence electrons. The van der Waals surface area contributed by atoms with Crippen LogP contribution in [0.2, 0.25) is 0 Å². The first-order valence-electron chi connectivity index (χ1n) is 4.95. The molecule has 0 aromatic heterocycles. The van der Waals surface area contributed by atoms with Gasteiger partial charge in [-0.05, 0) is 31.0 Å². The van der Waals surface area contributed by atoms with Crippen molar-refractivity contribution in [3.8, 4) is 0 Å². The predicted molar refractivity (Wildman–Crippen MR) is 57.6 cm³/mol. The molecule has 1 fully saturated rings. The summed E-state index contributed by atoms with van der Waals surface area (Å²) < 4.78 is 0. The Balaban J connectivity index is 2.16. The smallest absolute Gasteiger partial charge is 0.211 e. The Bertz CT molecular complexity index is 319. The zero-order chi connectivity index (χ0) is 9.80. The number of rotatable bonds is 3. The van der Waals surface area contributed by atoms with Gasteiger partial charge >= 0.3 is 0 Å². The molecule has 1 amide bonds. The van der Waals surface area contributed by atoms with Gasteiger partial charge in [0.25, 0.3) is 0 Å². The molecule has 1 aliphatic heterocycles. The van der Waals surface area contributed by atoms with E-state index in [0.29, 0.717) is 6.41 Å². The van der Waals surface area contributed by atoms with E-state index >= 15 is 0 Å². The normalized spacial score (nSPS) is 15.6. The van der Waals surface area contributed by atoms with Crippen molar-refractivity contribution in [2.45, 2.75) is 12.8 Å².